The van der Waals surface area contributed by atoms with Crippen LogP contribution in [0.15, 0.2) is 30.3 Å². The zero-order valence-electron chi connectivity index (χ0n) is 11.0. The van der Waals surface area contributed by atoms with E-state index in [0.717, 1.165) is 13.1 Å². The van der Waals surface area contributed by atoms with Crippen molar-refractivity contribution in [1.82, 2.24) is 5.32 Å². The number of benzene rings is 1. The van der Waals surface area contributed by atoms with Crippen LogP contribution in [0.3, 0.4) is 0 Å². The van der Waals surface area contributed by atoms with Gasteiger partial charge in [-0.1, -0.05) is 36.8 Å². The predicted molar refractivity (Wildman–Crippen MR) is 73.7 cm³/mol. The summed E-state index contributed by atoms with van der Waals surface area (Å²) in [5.74, 6) is -1.23. The molecular weight excluding hydrogens is 244 g/mol. The molecule has 1 aromatic carbocycles. The number of rotatable bonds is 2. The van der Waals surface area contributed by atoms with E-state index in [1.807, 2.05) is 0 Å². The Labute approximate surface area is 113 Å². The Morgan fingerprint density at radius 2 is 2.00 bits per heavy atom. The van der Waals surface area contributed by atoms with Crippen molar-refractivity contribution in [1.29, 1.82) is 0 Å². The van der Waals surface area contributed by atoms with Gasteiger partial charge >= 0.3 is 5.97 Å². The molecular formula is C14H22N2O3. The smallest absolute Gasteiger partial charge is 0.337 e. The predicted octanol–water partition coefficient (Wildman–Crippen LogP) is 0.892. The lowest BCUT2D eigenvalue weighted by atomic mass is 10.1. The molecule has 1 fully saturated rings. The number of carbonyl (C=O) groups is 1. The normalized spacial score (nSPS) is 20.6. The molecule has 0 bridgehead atoms. The molecule has 1 aliphatic heterocycles. The fraction of sp³-hybridized carbons (Fsp3) is 0.500. The quantitative estimate of drug-likeness (QED) is 0.637. The molecule has 19 heavy (non-hydrogen) atoms. The molecule has 0 radical (unpaired) electrons. The average Bonchev–Trinajstić information content (AvgIpc) is 2.67. The molecule has 1 aromatic rings. The van der Waals surface area contributed by atoms with Crippen LogP contribution >= 0.6 is 0 Å². The summed E-state index contributed by atoms with van der Waals surface area (Å²) in [5.41, 5.74) is 6.08. The first kappa shape index (κ1) is 15.6. The van der Waals surface area contributed by atoms with E-state index in [1.54, 1.807) is 30.3 Å². The number of nitrogens with two attached hydrogens (primary N) is 1. The molecule has 0 amide bonds. The van der Waals surface area contributed by atoms with Crippen molar-refractivity contribution in [2.24, 2.45) is 5.73 Å². The molecule has 2 rings (SSSR count). The number of hydrogen-bond donors (Lipinski definition) is 4. The van der Waals surface area contributed by atoms with E-state index < -0.39 is 12.1 Å². The Kier molecular flexibility index (Phi) is 7.10. The van der Waals surface area contributed by atoms with Crippen molar-refractivity contribution in [3.63, 3.8) is 0 Å². The van der Waals surface area contributed by atoms with Crippen LogP contribution in [0.25, 0.3) is 0 Å². The highest BCUT2D eigenvalue weighted by atomic mass is 16.4. The summed E-state index contributed by atoms with van der Waals surface area (Å²) in [6, 6.07) is 8.68. The third-order valence-electron chi connectivity index (χ3n) is 2.93. The lowest BCUT2D eigenvalue weighted by Gasteiger charge is -2.04. The van der Waals surface area contributed by atoms with E-state index >= 15 is 0 Å². The van der Waals surface area contributed by atoms with Crippen LogP contribution in [-0.4, -0.2) is 35.3 Å². The van der Waals surface area contributed by atoms with Crippen molar-refractivity contribution in [2.45, 2.75) is 31.4 Å². The van der Waals surface area contributed by atoms with Crippen LogP contribution in [0.2, 0.25) is 0 Å². The molecule has 106 valence electrons. The largest absolute Gasteiger partial charge is 0.479 e. The summed E-state index contributed by atoms with van der Waals surface area (Å²) in [7, 11) is 0. The maximum absolute atomic E-state index is 10.2. The highest BCUT2D eigenvalue weighted by molar-refractivity contribution is 5.73. The highest BCUT2D eigenvalue weighted by Gasteiger charge is 2.14. The van der Waals surface area contributed by atoms with Crippen molar-refractivity contribution in [3.05, 3.63) is 35.9 Å². The summed E-state index contributed by atoms with van der Waals surface area (Å²) in [5, 5.41) is 20.7. The number of carboxylic acid groups (broad SMARTS) is 1. The lowest BCUT2D eigenvalue weighted by Crippen LogP contribution is -2.31. The summed E-state index contributed by atoms with van der Waals surface area (Å²) in [6.45, 7) is 2.17. The van der Waals surface area contributed by atoms with Gasteiger partial charge in [-0.2, -0.15) is 0 Å². The Hall–Kier alpha value is -1.43. The first-order valence-electron chi connectivity index (χ1n) is 6.53. The standard InChI is InChI=1S/C8H8O3.C6H14N2/c9-7(8(10)11)6-4-2-1-3-5-6;7-6-3-1-2-4-8-5-6/h1-5,7,9H,(H,10,11);6,8H,1-5,7H2/t7-;6-/m01/s1. The van der Waals surface area contributed by atoms with Gasteiger partial charge in [-0.3, -0.25) is 0 Å². The summed E-state index contributed by atoms with van der Waals surface area (Å²) in [4.78, 5) is 10.2. The molecule has 5 N–H and O–H groups in total. The van der Waals surface area contributed by atoms with Gasteiger partial charge in [-0.15, -0.1) is 0 Å². The molecule has 1 heterocycles. The maximum atomic E-state index is 10.2. The number of hydrogen-bond acceptors (Lipinski definition) is 4. The van der Waals surface area contributed by atoms with Gasteiger partial charge in [0.1, 0.15) is 0 Å². The minimum Gasteiger partial charge on any atom is -0.479 e. The second-order valence-electron chi connectivity index (χ2n) is 4.61. The van der Waals surface area contributed by atoms with E-state index in [4.69, 9.17) is 15.9 Å². The molecule has 0 unspecified atom stereocenters. The van der Waals surface area contributed by atoms with Gasteiger partial charge in [-0.05, 0) is 24.9 Å². The van der Waals surface area contributed by atoms with Crippen LogP contribution in [-0.2, 0) is 4.79 Å². The first-order chi connectivity index (χ1) is 9.11. The zero-order chi connectivity index (χ0) is 14.1. The van der Waals surface area contributed by atoms with E-state index in [-0.39, 0.29) is 0 Å². The Morgan fingerprint density at radius 1 is 1.32 bits per heavy atom. The summed E-state index contributed by atoms with van der Waals surface area (Å²) < 4.78 is 0. The number of aliphatic hydroxyl groups excluding tert-OH is 1. The van der Waals surface area contributed by atoms with Crippen molar-refractivity contribution in [3.8, 4) is 0 Å². The summed E-state index contributed by atoms with van der Waals surface area (Å²) in [6.07, 6.45) is 2.39. The van der Waals surface area contributed by atoms with Crippen molar-refractivity contribution < 1.29 is 15.0 Å². The maximum Gasteiger partial charge on any atom is 0.337 e. The second kappa shape index (κ2) is 8.63. The third-order valence-corrected chi connectivity index (χ3v) is 2.93. The van der Waals surface area contributed by atoms with E-state index in [2.05, 4.69) is 5.32 Å². The molecule has 5 nitrogen and oxygen atoms in total. The summed E-state index contributed by atoms with van der Waals surface area (Å²) >= 11 is 0. The molecule has 0 saturated carbocycles. The van der Waals surface area contributed by atoms with Crippen LogP contribution < -0.4 is 11.1 Å². The van der Waals surface area contributed by atoms with Gasteiger partial charge in [0.25, 0.3) is 0 Å². The monoisotopic (exact) mass is 266 g/mol. The third kappa shape index (κ3) is 6.33. The number of aliphatic hydroxyl groups is 1. The number of aliphatic carboxylic acids is 1. The Morgan fingerprint density at radius 3 is 2.63 bits per heavy atom. The van der Waals surface area contributed by atoms with Crippen LogP contribution in [0.5, 0.6) is 0 Å². The Bertz CT molecular complexity index is 362. The van der Waals surface area contributed by atoms with Crippen molar-refractivity contribution >= 4 is 5.97 Å². The fourth-order valence-corrected chi connectivity index (χ4v) is 1.82. The topological polar surface area (TPSA) is 95.6 Å². The average molecular weight is 266 g/mol. The van der Waals surface area contributed by atoms with Crippen LogP contribution in [0.1, 0.15) is 30.9 Å². The van der Waals surface area contributed by atoms with E-state index in [9.17, 15) is 4.79 Å². The Balaban J connectivity index is 0.000000200. The molecule has 0 aromatic heterocycles. The van der Waals surface area contributed by atoms with Gasteiger partial charge in [0.15, 0.2) is 6.10 Å². The van der Waals surface area contributed by atoms with Crippen LogP contribution in [0.4, 0.5) is 0 Å². The van der Waals surface area contributed by atoms with Gasteiger partial charge in [0, 0.05) is 12.6 Å². The van der Waals surface area contributed by atoms with E-state index in [0.29, 0.717) is 11.6 Å². The van der Waals surface area contributed by atoms with Crippen molar-refractivity contribution in [2.75, 3.05) is 13.1 Å². The van der Waals surface area contributed by atoms with Crippen LogP contribution in [0, 0.1) is 0 Å². The molecule has 0 spiro atoms. The molecule has 1 saturated heterocycles. The SMILES string of the molecule is N[C@@H]1CCCCNC1.O=C(O)[C@@H](O)c1ccccc1. The van der Waals surface area contributed by atoms with Gasteiger partial charge in [0.2, 0.25) is 0 Å². The molecule has 5 heteroatoms. The van der Waals surface area contributed by atoms with E-state index in [1.165, 1.54) is 19.3 Å². The first-order valence-corrected chi connectivity index (χ1v) is 6.53. The zero-order valence-corrected chi connectivity index (χ0v) is 11.0. The minimum atomic E-state index is -1.41. The highest BCUT2D eigenvalue weighted by Crippen LogP contribution is 2.10. The molecule has 2 atom stereocenters. The fourth-order valence-electron chi connectivity index (χ4n) is 1.82. The molecule has 0 aliphatic carbocycles. The number of nitrogens with one attached hydrogen (secondary N) is 1. The molecule has 1 aliphatic rings. The second-order valence-corrected chi connectivity index (χ2v) is 4.61. The van der Waals surface area contributed by atoms with Gasteiger partial charge in [0.05, 0.1) is 0 Å². The minimum absolute atomic E-state index is 0.403. The van der Waals surface area contributed by atoms with Gasteiger partial charge in [-0.25, -0.2) is 4.79 Å². The lowest BCUT2D eigenvalue weighted by molar-refractivity contribution is -0.146. The van der Waals surface area contributed by atoms with Gasteiger partial charge < -0.3 is 21.3 Å². The number of carboxylic acids is 1.